The molecule has 27 heavy (non-hydrogen) atoms. The van der Waals surface area contributed by atoms with Gasteiger partial charge >= 0.3 is 7.12 Å². The van der Waals surface area contributed by atoms with Crippen molar-refractivity contribution < 1.29 is 14.0 Å². The second-order valence-corrected chi connectivity index (χ2v) is 8.02. The fourth-order valence-corrected chi connectivity index (χ4v) is 3.12. The summed E-state index contributed by atoms with van der Waals surface area (Å²) in [6, 6.07) is 0. The molecule has 2 aliphatic heterocycles. The molecule has 0 bridgehead atoms. The van der Waals surface area contributed by atoms with Gasteiger partial charge < -0.3 is 18.9 Å². The summed E-state index contributed by atoms with van der Waals surface area (Å²) in [6.45, 7) is 11.9. The van der Waals surface area contributed by atoms with Gasteiger partial charge in [-0.25, -0.2) is 4.98 Å². The van der Waals surface area contributed by atoms with Crippen LogP contribution in [0.1, 0.15) is 33.4 Å². The van der Waals surface area contributed by atoms with E-state index in [4.69, 9.17) is 14.0 Å². The summed E-state index contributed by atoms with van der Waals surface area (Å²) in [6.07, 6.45) is 7.36. The smallest absolute Gasteiger partial charge is 0.399 e. The van der Waals surface area contributed by atoms with E-state index in [1.165, 1.54) is 0 Å². The predicted molar refractivity (Wildman–Crippen MR) is 102 cm³/mol. The van der Waals surface area contributed by atoms with Crippen molar-refractivity contribution in [2.24, 2.45) is 0 Å². The first-order valence-corrected chi connectivity index (χ1v) is 9.36. The Morgan fingerprint density at radius 3 is 2.33 bits per heavy atom. The second kappa shape index (κ2) is 6.89. The van der Waals surface area contributed by atoms with Crippen molar-refractivity contribution >= 4 is 18.4 Å². The number of rotatable bonds is 4. The van der Waals surface area contributed by atoms with Gasteiger partial charge in [0.2, 0.25) is 0 Å². The first kappa shape index (κ1) is 18.4. The Morgan fingerprint density at radius 2 is 1.70 bits per heavy atom. The Balaban J connectivity index is 1.41. The highest BCUT2D eigenvalue weighted by atomic mass is 16.7. The third-order valence-corrected chi connectivity index (χ3v) is 5.53. The largest absolute Gasteiger partial charge is 0.498 e. The summed E-state index contributed by atoms with van der Waals surface area (Å²) in [5.74, 6) is 0.889. The van der Waals surface area contributed by atoms with E-state index in [1.54, 1.807) is 12.4 Å². The summed E-state index contributed by atoms with van der Waals surface area (Å²) in [4.78, 5) is 11.3. The third kappa shape index (κ3) is 3.72. The molecule has 2 aromatic heterocycles. The lowest BCUT2D eigenvalue weighted by atomic mass is 9.82. The molecule has 2 aromatic rings. The van der Waals surface area contributed by atoms with Crippen LogP contribution in [0.2, 0.25) is 0 Å². The molecule has 2 fully saturated rings. The van der Waals surface area contributed by atoms with Crippen molar-refractivity contribution in [3.63, 3.8) is 0 Å². The summed E-state index contributed by atoms with van der Waals surface area (Å²) in [5, 5.41) is 4.43. The van der Waals surface area contributed by atoms with Crippen LogP contribution in [0.25, 0.3) is 0 Å². The number of nitrogens with zero attached hydrogens (tertiary/aromatic N) is 5. The van der Waals surface area contributed by atoms with E-state index in [-0.39, 0.29) is 11.2 Å². The molecule has 4 rings (SSSR count). The molecule has 2 aliphatic rings. The van der Waals surface area contributed by atoms with E-state index >= 15 is 0 Å². The van der Waals surface area contributed by atoms with Gasteiger partial charge in [-0.05, 0) is 27.7 Å². The maximum absolute atomic E-state index is 6.08. The minimum atomic E-state index is -0.404. The molecule has 0 N–H and O–H groups in total. The zero-order chi connectivity index (χ0) is 19.1. The lowest BCUT2D eigenvalue weighted by Gasteiger charge is -2.32. The van der Waals surface area contributed by atoms with Crippen molar-refractivity contribution in [1.29, 1.82) is 0 Å². The van der Waals surface area contributed by atoms with Gasteiger partial charge in [0.1, 0.15) is 5.82 Å². The Bertz CT molecular complexity index is 771. The molecule has 144 valence electrons. The van der Waals surface area contributed by atoms with Crippen LogP contribution in [0.5, 0.6) is 0 Å². The highest BCUT2D eigenvalue weighted by Crippen LogP contribution is 2.36. The monoisotopic (exact) mass is 371 g/mol. The molecular formula is C18H26BN5O3. The molecule has 0 spiro atoms. The number of anilines is 1. The summed E-state index contributed by atoms with van der Waals surface area (Å²) < 4.78 is 19.4. The van der Waals surface area contributed by atoms with Gasteiger partial charge in [-0.3, -0.25) is 9.67 Å². The highest BCUT2D eigenvalue weighted by Gasteiger charge is 2.52. The number of aromatic nitrogens is 4. The summed E-state index contributed by atoms with van der Waals surface area (Å²) in [5.41, 5.74) is 1.04. The minimum absolute atomic E-state index is 0.361. The fourth-order valence-electron chi connectivity index (χ4n) is 3.12. The first-order chi connectivity index (χ1) is 12.8. The fraction of sp³-hybridized carbons (Fsp3) is 0.611. The van der Waals surface area contributed by atoms with E-state index in [0.29, 0.717) is 6.54 Å². The van der Waals surface area contributed by atoms with E-state index in [1.807, 2.05) is 44.8 Å². The molecule has 4 heterocycles. The highest BCUT2D eigenvalue weighted by molar-refractivity contribution is 6.61. The van der Waals surface area contributed by atoms with Crippen molar-refractivity contribution in [3.05, 3.63) is 30.5 Å². The lowest BCUT2D eigenvalue weighted by Crippen LogP contribution is -2.41. The van der Waals surface area contributed by atoms with Crippen LogP contribution in [0.3, 0.4) is 0 Å². The predicted octanol–water partition coefficient (Wildman–Crippen LogP) is 0.857. The van der Waals surface area contributed by atoms with Gasteiger partial charge in [-0.15, -0.1) is 0 Å². The van der Waals surface area contributed by atoms with Crippen molar-refractivity contribution in [1.82, 2.24) is 19.7 Å². The first-order valence-electron chi connectivity index (χ1n) is 9.36. The van der Waals surface area contributed by atoms with Crippen molar-refractivity contribution in [3.8, 4) is 0 Å². The zero-order valence-electron chi connectivity index (χ0n) is 16.4. The molecule has 0 radical (unpaired) electrons. The lowest BCUT2D eigenvalue weighted by molar-refractivity contribution is 0.00578. The SMILES string of the molecule is CC1(C)OB(c2cnn(Cc3cnc(N4CCOCC4)cn3)c2)OC1(C)C. The Hall–Kier alpha value is -1.97. The molecule has 0 aromatic carbocycles. The van der Waals surface area contributed by atoms with Crippen LogP contribution in [0.4, 0.5) is 5.82 Å². The zero-order valence-corrected chi connectivity index (χ0v) is 16.4. The minimum Gasteiger partial charge on any atom is -0.399 e. The average molecular weight is 371 g/mol. The van der Waals surface area contributed by atoms with Gasteiger partial charge in [-0.1, -0.05) is 0 Å². The second-order valence-electron chi connectivity index (χ2n) is 8.02. The van der Waals surface area contributed by atoms with Crippen LogP contribution in [0.15, 0.2) is 24.8 Å². The molecule has 0 amide bonds. The van der Waals surface area contributed by atoms with Crippen LogP contribution in [0, 0.1) is 0 Å². The Labute approximate surface area is 160 Å². The summed E-state index contributed by atoms with van der Waals surface area (Å²) in [7, 11) is -0.404. The number of hydrogen-bond acceptors (Lipinski definition) is 7. The van der Waals surface area contributed by atoms with E-state index in [2.05, 4.69) is 20.0 Å². The van der Waals surface area contributed by atoms with E-state index in [9.17, 15) is 0 Å². The number of hydrogen-bond donors (Lipinski definition) is 0. The van der Waals surface area contributed by atoms with Gasteiger partial charge in [0, 0.05) is 30.9 Å². The normalized spacial score (nSPS) is 21.6. The topological polar surface area (TPSA) is 74.5 Å². The van der Waals surface area contributed by atoms with Crippen LogP contribution in [-0.2, 0) is 20.6 Å². The van der Waals surface area contributed by atoms with Crippen LogP contribution < -0.4 is 10.4 Å². The quantitative estimate of drug-likeness (QED) is 0.738. The van der Waals surface area contributed by atoms with E-state index < -0.39 is 7.12 Å². The average Bonchev–Trinajstić information content (AvgIpc) is 3.18. The molecule has 0 aliphatic carbocycles. The van der Waals surface area contributed by atoms with Gasteiger partial charge in [-0.2, -0.15) is 5.10 Å². The van der Waals surface area contributed by atoms with Gasteiger partial charge in [0.15, 0.2) is 0 Å². The Kier molecular flexibility index (Phi) is 4.69. The standard InChI is InChI=1S/C18H26BN5O3/c1-17(2)18(3,4)27-19(26-17)14-9-22-24(12-14)13-15-10-21-16(11-20-15)23-5-7-25-8-6-23/h9-12H,5-8,13H2,1-4H3. The molecule has 0 unspecified atom stereocenters. The molecule has 0 atom stereocenters. The summed E-state index contributed by atoms with van der Waals surface area (Å²) >= 11 is 0. The molecular weight excluding hydrogens is 345 g/mol. The van der Waals surface area contributed by atoms with Crippen LogP contribution >= 0.6 is 0 Å². The molecule has 8 nitrogen and oxygen atoms in total. The van der Waals surface area contributed by atoms with Gasteiger partial charge in [0.25, 0.3) is 0 Å². The maximum Gasteiger partial charge on any atom is 0.498 e. The van der Waals surface area contributed by atoms with Gasteiger partial charge in [0.05, 0.1) is 49.0 Å². The van der Waals surface area contributed by atoms with Crippen LogP contribution in [-0.4, -0.2) is 64.4 Å². The Morgan fingerprint density at radius 1 is 1.00 bits per heavy atom. The van der Waals surface area contributed by atoms with E-state index in [0.717, 1.165) is 43.3 Å². The number of morpholine rings is 1. The molecule has 9 heteroatoms. The molecule has 2 saturated heterocycles. The van der Waals surface area contributed by atoms with Crippen molar-refractivity contribution in [2.45, 2.75) is 45.4 Å². The van der Waals surface area contributed by atoms with Crippen molar-refractivity contribution in [2.75, 3.05) is 31.2 Å². The maximum atomic E-state index is 6.08. The third-order valence-electron chi connectivity index (χ3n) is 5.53. The molecule has 0 saturated carbocycles. The number of ether oxygens (including phenoxy) is 1.